The van der Waals surface area contributed by atoms with Gasteiger partial charge in [-0.05, 0) is 67.6 Å². The predicted octanol–water partition coefficient (Wildman–Crippen LogP) is 3.10. The maximum absolute atomic E-state index is 3.66. The van der Waals surface area contributed by atoms with Gasteiger partial charge in [0.1, 0.15) is 0 Å². The number of likely N-dealkylation sites (tertiary alicyclic amines) is 1. The van der Waals surface area contributed by atoms with E-state index in [0.29, 0.717) is 12.1 Å². The first-order valence-electron chi connectivity index (χ1n) is 5.80. The van der Waals surface area contributed by atoms with Crippen LogP contribution in [-0.2, 0) is 0 Å². The minimum Gasteiger partial charge on any atom is -0.381 e. The maximum atomic E-state index is 3.66. The van der Waals surface area contributed by atoms with E-state index in [1.165, 1.54) is 21.2 Å². The Morgan fingerprint density at radius 1 is 1.44 bits per heavy atom. The number of hydrogen-bond acceptors (Lipinski definition) is 2. The molecule has 2 rings (SSSR count). The molecule has 1 saturated heterocycles. The highest BCUT2D eigenvalue weighted by atomic mass is 127. The molecule has 1 aromatic carbocycles. The van der Waals surface area contributed by atoms with E-state index in [-0.39, 0.29) is 0 Å². The Labute approximate surface area is 112 Å². The third kappa shape index (κ3) is 2.51. The van der Waals surface area contributed by atoms with Crippen LogP contribution in [0.5, 0.6) is 0 Å². The van der Waals surface area contributed by atoms with Crippen LogP contribution < -0.4 is 5.32 Å². The number of likely N-dealkylation sites (N-methyl/N-ethyl adjacent to an activating group) is 1. The Morgan fingerprint density at radius 3 is 2.81 bits per heavy atom. The van der Waals surface area contributed by atoms with E-state index in [1.807, 2.05) is 0 Å². The summed E-state index contributed by atoms with van der Waals surface area (Å²) in [7, 11) is 2.20. The molecule has 1 fully saturated rings. The number of nitrogens with one attached hydrogen (secondary N) is 1. The number of nitrogens with zero attached hydrogens (tertiary/aromatic N) is 1. The molecule has 2 nitrogen and oxygen atoms in total. The van der Waals surface area contributed by atoms with E-state index in [0.717, 1.165) is 6.54 Å². The molecule has 3 heteroatoms. The van der Waals surface area contributed by atoms with Crippen molar-refractivity contribution in [1.82, 2.24) is 4.90 Å². The highest BCUT2D eigenvalue weighted by molar-refractivity contribution is 14.1. The van der Waals surface area contributed by atoms with Gasteiger partial charge in [0.15, 0.2) is 0 Å². The SMILES string of the molecule is Cc1c(I)cccc1NC1CC(C)N(C)C1. The van der Waals surface area contributed by atoms with Crippen LogP contribution in [-0.4, -0.2) is 30.6 Å². The molecule has 0 saturated carbocycles. The molecule has 1 aliphatic heterocycles. The Hall–Kier alpha value is -0.290. The first kappa shape index (κ1) is 12.2. The van der Waals surface area contributed by atoms with Crippen molar-refractivity contribution in [3.05, 3.63) is 27.3 Å². The molecule has 2 unspecified atom stereocenters. The zero-order valence-corrected chi connectivity index (χ0v) is 12.3. The van der Waals surface area contributed by atoms with Crippen molar-refractivity contribution in [2.75, 3.05) is 18.9 Å². The lowest BCUT2D eigenvalue weighted by molar-refractivity contribution is 0.330. The van der Waals surface area contributed by atoms with Crippen LogP contribution in [0.1, 0.15) is 18.9 Å². The zero-order valence-electron chi connectivity index (χ0n) is 10.1. The summed E-state index contributed by atoms with van der Waals surface area (Å²) in [6, 6.07) is 7.75. The third-order valence-electron chi connectivity index (χ3n) is 3.51. The van der Waals surface area contributed by atoms with Gasteiger partial charge in [-0.2, -0.15) is 0 Å². The third-order valence-corrected chi connectivity index (χ3v) is 4.68. The van der Waals surface area contributed by atoms with Crippen LogP contribution in [0.25, 0.3) is 0 Å². The van der Waals surface area contributed by atoms with Crippen molar-refractivity contribution in [3.8, 4) is 0 Å². The summed E-state index contributed by atoms with van der Waals surface area (Å²) in [6.07, 6.45) is 1.24. The van der Waals surface area contributed by atoms with Crippen molar-refractivity contribution >= 4 is 28.3 Å². The van der Waals surface area contributed by atoms with E-state index in [9.17, 15) is 0 Å². The van der Waals surface area contributed by atoms with Crippen LogP contribution in [0.15, 0.2) is 18.2 Å². The normalized spacial score (nSPS) is 26.0. The Morgan fingerprint density at radius 2 is 2.19 bits per heavy atom. The minimum absolute atomic E-state index is 0.594. The molecule has 1 aliphatic rings. The Balaban J connectivity index is 2.08. The highest BCUT2D eigenvalue weighted by Gasteiger charge is 2.26. The summed E-state index contributed by atoms with van der Waals surface area (Å²) in [4.78, 5) is 2.42. The van der Waals surface area contributed by atoms with Crippen molar-refractivity contribution in [2.24, 2.45) is 0 Å². The molecule has 0 bridgehead atoms. The molecule has 1 N–H and O–H groups in total. The topological polar surface area (TPSA) is 15.3 Å². The summed E-state index contributed by atoms with van der Waals surface area (Å²) in [5, 5.41) is 3.66. The van der Waals surface area contributed by atoms with Gasteiger partial charge in [0, 0.05) is 27.9 Å². The van der Waals surface area contributed by atoms with E-state index >= 15 is 0 Å². The fourth-order valence-electron chi connectivity index (χ4n) is 2.28. The number of benzene rings is 1. The number of rotatable bonds is 2. The second kappa shape index (κ2) is 4.92. The summed E-state index contributed by atoms with van der Waals surface area (Å²) in [6.45, 7) is 5.63. The van der Waals surface area contributed by atoms with Gasteiger partial charge < -0.3 is 10.2 Å². The van der Waals surface area contributed by atoms with Gasteiger partial charge in [-0.15, -0.1) is 0 Å². The second-order valence-electron chi connectivity index (χ2n) is 4.78. The average Bonchev–Trinajstić information content (AvgIpc) is 2.54. The van der Waals surface area contributed by atoms with Crippen molar-refractivity contribution in [3.63, 3.8) is 0 Å². The Bertz CT molecular complexity index is 368. The van der Waals surface area contributed by atoms with Crippen LogP contribution >= 0.6 is 22.6 Å². The van der Waals surface area contributed by atoms with Crippen molar-refractivity contribution in [2.45, 2.75) is 32.4 Å². The number of anilines is 1. The molecule has 0 amide bonds. The van der Waals surface area contributed by atoms with Gasteiger partial charge >= 0.3 is 0 Å². The molecule has 1 heterocycles. The van der Waals surface area contributed by atoms with Crippen molar-refractivity contribution in [1.29, 1.82) is 0 Å². The van der Waals surface area contributed by atoms with Gasteiger partial charge in [-0.25, -0.2) is 0 Å². The van der Waals surface area contributed by atoms with Gasteiger partial charge in [0.25, 0.3) is 0 Å². The minimum atomic E-state index is 0.594. The lowest BCUT2D eigenvalue weighted by atomic mass is 10.1. The predicted molar refractivity (Wildman–Crippen MR) is 78.0 cm³/mol. The average molecular weight is 330 g/mol. The van der Waals surface area contributed by atoms with E-state index < -0.39 is 0 Å². The quantitative estimate of drug-likeness (QED) is 0.839. The summed E-state index contributed by atoms with van der Waals surface area (Å²) in [5.41, 5.74) is 2.66. The monoisotopic (exact) mass is 330 g/mol. The van der Waals surface area contributed by atoms with Crippen LogP contribution in [0.2, 0.25) is 0 Å². The van der Waals surface area contributed by atoms with E-state index in [1.54, 1.807) is 0 Å². The standard InChI is InChI=1S/C13H19IN2/c1-9-7-11(8-16(9)3)15-13-6-4-5-12(14)10(13)2/h4-6,9,11,15H,7-8H2,1-3H3. The Kier molecular flexibility index (Phi) is 3.74. The van der Waals surface area contributed by atoms with Gasteiger partial charge in [-0.1, -0.05) is 6.07 Å². The molecule has 1 aromatic rings. The fourth-order valence-corrected chi connectivity index (χ4v) is 2.78. The largest absolute Gasteiger partial charge is 0.381 e. The molecule has 16 heavy (non-hydrogen) atoms. The number of hydrogen-bond donors (Lipinski definition) is 1. The van der Waals surface area contributed by atoms with Gasteiger partial charge in [-0.3, -0.25) is 0 Å². The second-order valence-corrected chi connectivity index (χ2v) is 5.94. The number of halogens is 1. The summed E-state index contributed by atoms with van der Waals surface area (Å²) in [5.74, 6) is 0. The van der Waals surface area contributed by atoms with Crippen LogP contribution in [0, 0.1) is 10.5 Å². The lowest BCUT2D eigenvalue weighted by Gasteiger charge is -2.16. The first-order valence-corrected chi connectivity index (χ1v) is 6.87. The molecule has 0 aromatic heterocycles. The first-order chi connectivity index (χ1) is 7.58. The molecule has 2 atom stereocenters. The fraction of sp³-hybridized carbons (Fsp3) is 0.538. The van der Waals surface area contributed by atoms with Gasteiger partial charge in [0.2, 0.25) is 0 Å². The smallest absolute Gasteiger partial charge is 0.0403 e. The van der Waals surface area contributed by atoms with Crippen LogP contribution in [0.4, 0.5) is 5.69 Å². The molecule has 0 spiro atoms. The molecular weight excluding hydrogens is 311 g/mol. The van der Waals surface area contributed by atoms with E-state index in [2.05, 4.69) is 71.9 Å². The molecular formula is C13H19IN2. The van der Waals surface area contributed by atoms with E-state index in [4.69, 9.17) is 0 Å². The zero-order chi connectivity index (χ0) is 11.7. The van der Waals surface area contributed by atoms with Crippen molar-refractivity contribution < 1.29 is 0 Å². The summed E-state index contributed by atoms with van der Waals surface area (Å²) >= 11 is 2.39. The molecule has 88 valence electrons. The lowest BCUT2D eigenvalue weighted by Crippen LogP contribution is -2.25. The molecule has 0 aliphatic carbocycles. The maximum Gasteiger partial charge on any atom is 0.0403 e. The summed E-state index contributed by atoms with van der Waals surface area (Å²) < 4.78 is 1.34. The highest BCUT2D eigenvalue weighted by Crippen LogP contribution is 2.24. The van der Waals surface area contributed by atoms with Gasteiger partial charge in [0.05, 0.1) is 0 Å². The molecule has 0 radical (unpaired) electrons. The van der Waals surface area contributed by atoms with Crippen LogP contribution in [0.3, 0.4) is 0 Å².